The highest BCUT2D eigenvalue weighted by Gasteiger charge is 2.08. The molecule has 0 spiro atoms. The molecule has 0 aliphatic carbocycles. The van der Waals surface area contributed by atoms with Crippen molar-refractivity contribution in [2.45, 2.75) is 24.3 Å². The number of hydrogen-bond acceptors (Lipinski definition) is 4. The standard InChI is InChI=1S/C20H21ClN2O2S2/c1-25-12-11-23-17-10-9-15(21)14-18(17)27-20(23)22-19(24)8-5-13-26-16-6-3-2-4-7-16/h2-4,6-7,9-10,14H,5,8,11-13H2,1H3. The average molecular weight is 421 g/mol. The molecule has 4 nitrogen and oxygen atoms in total. The second kappa shape index (κ2) is 10.1. The number of fused-ring (bicyclic) bond motifs is 1. The third kappa shape index (κ3) is 5.69. The fourth-order valence-electron chi connectivity index (χ4n) is 2.62. The van der Waals surface area contributed by atoms with Crippen LogP contribution in [0.4, 0.5) is 0 Å². The van der Waals surface area contributed by atoms with E-state index in [0.717, 1.165) is 22.4 Å². The normalized spacial score (nSPS) is 12.0. The van der Waals surface area contributed by atoms with Crippen LogP contribution in [0.25, 0.3) is 10.2 Å². The van der Waals surface area contributed by atoms with Crippen molar-refractivity contribution in [1.29, 1.82) is 0 Å². The molecule has 0 atom stereocenters. The van der Waals surface area contributed by atoms with Crippen LogP contribution in [0.2, 0.25) is 5.02 Å². The summed E-state index contributed by atoms with van der Waals surface area (Å²) in [6.45, 7) is 1.21. The zero-order valence-electron chi connectivity index (χ0n) is 15.1. The highest BCUT2D eigenvalue weighted by Crippen LogP contribution is 2.22. The van der Waals surface area contributed by atoms with Gasteiger partial charge in [-0.25, -0.2) is 0 Å². The largest absolute Gasteiger partial charge is 0.383 e. The van der Waals surface area contributed by atoms with E-state index in [2.05, 4.69) is 17.1 Å². The molecule has 1 heterocycles. The molecule has 0 saturated carbocycles. The van der Waals surface area contributed by atoms with Crippen molar-refractivity contribution in [3.8, 4) is 0 Å². The minimum Gasteiger partial charge on any atom is -0.383 e. The number of nitrogens with zero attached hydrogens (tertiary/aromatic N) is 2. The first-order chi connectivity index (χ1) is 13.2. The SMILES string of the molecule is COCCn1c(=NC(=O)CCCSc2ccccc2)sc2cc(Cl)ccc21. The predicted molar refractivity (Wildman–Crippen MR) is 114 cm³/mol. The summed E-state index contributed by atoms with van der Waals surface area (Å²) in [5.41, 5.74) is 1.02. The van der Waals surface area contributed by atoms with Gasteiger partial charge in [0.05, 0.1) is 16.8 Å². The van der Waals surface area contributed by atoms with Crippen LogP contribution in [0.5, 0.6) is 0 Å². The summed E-state index contributed by atoms with van der Waals surface area (Å²) in [6, 6.07) is 15.9. The van der Waals surface area contributed by atoms with E-state index < -0.39 is 0 Å². The molecular weight excluding hydrogens is 400 g/mol. The zero-order valence-corrected chi connectivity index (χ0v) is 17.4. The summed E-state index contributed by atoms with van der Waals surface area (Å²) in [6.07, 6.45) is 1.25. The number of hydrogen-bond donors (Lipinski definition) is 0. The van der Waals surface area contributed by atoms with Gasteiger partial charge in [0.15, 0.2) is 4.80 Å². The number of halogens is 1. The van der Waals surface area contributed by atoms with Gasteiger partial charge in [0.1, 0.15) is 0 Å². The minimum absolute atomic E-state index is 0.0903. The van der Waals surface area contributed by atoms with E-state index in [1.165, 1.54) is 16.2 Å². The second-order valence-corrected chi connectivity index (χ2v) is 8.53. The molecule has 0 saturated heterocycles. The van der Waals surface area contributed by atoms with Crippen LogP contribution in [0.15, 0.2) is 58.4 Å². The Kier molecular flexibility index (Phi) is 7.52. The van der Waals surface area contributed by atoms with Crippen molar-refractivity contribution in [2.75, 3.05) is 19.5 Å². The number of ether oxygens (including phenoxy) is 1. The van der Waals surface area contributed by atoms with Gasteiger partial charge >= 0.3 is 0 Å². The molecule has 0 unspecified atom stereocenters. The Morgan fingerprint density at radius 2 is 2.07 bits per heavy atom. The van der Waals surface area contributed by atoms with Crippen molar-refractivity contribution < 1.29 is 9.53 Å². The van der Waals surface area contributed by atoms with Crippen LogP contribution in [0.1, 0.15) is 12.8 Å². The number of amides is 1. The molecule has 2 aromatic carbocycles. The molecule has 0 fully saturated rings. The van der Waals surface area contributed by atoms with E-state index in [9.17, 15) is 4.79 Å². The van der Waals surface area contributed by atoms with Crippen molar-refractivity contribution in [3.05, 3.63) is 58.4 Å². The maximum atomic E-state index is 12.4. The molecule has 27 heavy (non-hydrogen) atoms. The molecule has 0 bridgehead atoms. The molecule has 0 aliphatic rings. The third-order valence-electron chi connectivity index (χ3n) is 3.93. The Hall–Kier alpha value is -1.60. The Morgan fingerprint density at radius 3 is 2.85 bits per heavy atom. The molecular formula is C20H21ClN2O2S2. The molecule has 142 valence electrons. The predicted octanol–water partition coefficient (Wildman–Crippen LogP) is 5.00. The lowest BCUT2D eigenvalue weighted by Crippen LogP contribution is -2.19. The smallest absolute Gasteiger partial charge is 0.248 e. The number of methoxy groups -OCH3 is 1. The first kappa shape index (κ1) is 20.1. The summed E-state index contributed by atoms with van der Waals surface area (Å²) < 4.78 is 8.24. The number of carbonyl (C=O) groups is 1. The first-order valence-electron chi connectivity index (χ1n) is 8.70. The highest BCUT2D eigenvalue weighted by atomic mass is 35.5. The van der Waals surface area contributed by atoms with Gasteiger partial charge in [0.25, 0.3) is 0 Å². The summed E-state index contributed by atoms with van der Waals surface area (Å²) in [4.78, 5) is 18.6. The summed E-state index contributed by atoms with van der Waals surface area (Å²) in [5.74, 6) is 0.809. The molecule has 0 aliphatic heterocycles. The van der Waals surface area contributed by atoms with E-state index in [-0.39, 0.29) is 5.91 Å². The quantitative estimate of drug-likeness (QED) is 0.380. The van der Waals surface area contributed by atoms with Crippen LogP contribution in [-0.4, -0.2) is 29.9 Å². The zero-order chi connectivity index (χ0) is 19.1. The Bertz CT molecular complexity index is 967. The summed E-state index contributed by atoms with van der Waals surface area (Å²) in [7, 11) is 1.67. The van der Waals surface area contributed by atoms with Crippen molar-refractivity contribution in [2.24, 2.45) is 4.99 Å². The van der Waals surface area contributed by atoms with Gasteiger partial charge in [0, 0.05) is 30.0 Å². The van der Waals surface area contributed by atoms with Gasteiger partial charge in [-0.05, 0) is 42.5 Å². The van der Waals surface area contributed by atoms with E-state index >= 15 is 0 Å². The van der Waals surface area contributed by atoms with Crippen LogP contribution in [-0.2, 0) is 16.1 Å². The summed E-state index contributed by atoms with van der Waals surface area (Å²) >= 11 is 9.34. The molecule has 1 amide bonds. The topological polar surface area (TPSA) is 43.6 Å². The van der Waals surface area contributed by atoms with Gasteiger partial charge < -0.3 is 9.30 Å². The summed E-state index contributed by atoms with van der Waals surface area (Å²) in [5, 5.41) is 0.679. The van der Waals surface area contributed by atoms with E-state index in [1.807, 2.05) is 41.0 Å². The van der Waals surface area contributed by atoms with Crippen LogP contribution in [0.3, 0.4) is 0 Å². The van der Waals surface area contributed by atoms with Gasteiger partial charge in [0.2, 0.25) is 5.91 Å². The third-order valence-corrected chi connectivity index (χ3v) is 6.31. The maximum Gasteiger partial charge on any atom is 0.248 e. The number of thioether (sulfide) groups is 1. The first-order valence-corrected chi connectivity index (χ1v) is 10.9. The number of benzene rings is 2. The van der Waals surface area contributed by atoms with E-state index in [1.54, 1.807) is 18.9 Å². The van der Waals surface area contributed by atoms with E-state index in [0.29, 0.717) is 29.4 Å². The van der Waals surface area contributed by atoms with E-state index in [4.69, 9.17) is 16.3 Å². The average Bonchev–Trinajstić information content (AvgIpc) is 3.00. The fraction of sp³-hybridized carbons (Fsp3) is 0.300. The van der Waals surface area contributed by atoms with Crippen LogP contribution >= 0.6 is 34.7 Å². The molecule has 7 heteroatoms. The Labute approximate surface area is 171 Å². The monoisotopic (exact) mass is 420 g/mol. The number of thiazole rings is 1. The van der Waals surface area contributed by atoms with Crippen LogP contribution in [0, 0.1) is 0 Å². The van der Waals surface area contributed by atoms with Gasteiger partial charge in [-0.15, -0.1) is 11.8 Å². The Balaban J connectivity index is 1.69. The van der Waals surface area contributed by atoms with Gasteiger partial charge in [-0.2, -0.15) is 4.99 Å². The molecule has 1 aromatic heterocycles. The van der Waals surface area contributed by atoms with Crippen molar-refractivity contribution >= 4 is 50.8 Å². The fourth-order valence-corrected chi connectivity index (χ4v) is 4.85. The molecule has 3 rings (SSSR count). The second-order valence-electron chi connectivity index (χ2n) is 5.91. The lowest BCUT2D eigenvalue weighted by molar-refractivity contribution is -0.118. The molecule has 3 aromatic rings. The minimum atomic E-state index is -0.0903. The van der Waals surface area contributed by atoms with Crippen LogP contribution < -0.4 is 4.80 Å². The Morgan fingerprint density at radius 1 is 1.26 bits per heavy atom. The lowest BCUT2D eigenvalue weighted by Gasteiger charge is -2.04. The van der Waals surface area contributed by atoms with Crippen molar-refractivity contribution in [1.82, 2.24) is 4.57 Å². The van der Waals surface area contributed by atoms with Gasteiger partial charge in [-0.3, -0.25) is 4.79 Å². The molecule has 0 N–H and O–H groups in total. The number of rotatable bonds is 8. The van der Waals surface area contributed by atoms with Crippen molar-refractivity contribution in [3.63, 3.8) is 0 Å². The van der Waals surface area contributed by atoms with Gasteiger partial charge in [-0.1, -0.05) is 41.1 Å². The maximum absolute atomic E-state index is 12.4. The molecule has 0 radical (unpaired) electrons. The highest BCUT2D eigenvalue weighted by molar-refractivity contribution is 7.99. The number of carbonyl (C=O) groups excluding carboxylic acids is 1. The number of aromatic nitrogens is 1. The lowest BCUT2D eigenvalue weighted by atomic mass is 10.3.